The van der Waals surface area contributed by atoms with Crippen LogP contribution in [0.3, 0.4) is 0 Å². The first kappa shape index (κ1) is 20.9. The average Bonchev–Trinajstić information content (AvgIpc) is 3.18. The van der Waals surface area contributed by atoms with Gasteiger partial charge >= 0.3 is 0 Å². The van der Waals surface area contributed by atoms with Crippen LogP contribution in [-0.2, 0) is 17.8 Å². The Labute approximate surface area is 189 Å². The van der Waals surface area contributed by atoms with Crippen molar-refractivity contribution in [3.63, 3.8) is 0 Å². The number of fused-ring (bicyclic) bond motifs is 3. The van der Waals surface area contributed by atoms with Gasteiger partial charge in [-0.3, -0.25) is 9.69 Å². The molecule has 2 aliphatic rings. The lowest BCUT2D eigenvalue weighted by molar-refractivity contribution is -0.133. The van der Waals surface area contributed by atoms with Crippen molar-refractivity contribution in [2.24, 2.45) is 0 Å². The monoisotopic (exact) mass is 432 g/mol. The third-order valence-electron chi connectivity index (χ3n) is 7.18. The number of hydrogen-bond acceptors (Lipinski definition) is 4. The molecule has 1 amide bonds. The van der Waals surface area contributed by atoms with Gasteiger partial charge in [0.25, 0.3) is 0 Å². The molecule has 1 saturated heterocycles. The highest BCUT2D eigenvalue weighted by Gasteiger charge is 2.27. The molecule has 0 atom stereocenters. The van der Waals surface area contributed by atoms with Crippen LogP contribution >= 0.6 is 0 Å². The molecular weight excluding hydrogens is 400 g/mol. The lowest BCUT2D eigenvalue weighted by Gasteiger charge is -2.38. The molecule has 32 heavy (non-hydrogen) atoms. The van der Waals surface area contributed by atoms with E-state index in [1.807, 2.05) is 11.0 Å². The van der Waals surface area contributed by atoms with E-state index < -0.39 is 0 Å². The van der Waals surface area contributed by atoms with Gasteiger partial charge < -0.3 is 19.5 Å². The molecule has 2 aromatic carbocycles. The minimum absolute atomic E-state index is 0.230. The zero-order chi connectivity index (χ0) is 22.2. The third kappa shape index (κ3) is 3.84. The Kier molecular flexibility index (Phi) is 5.55. The zero-order valence-corrected chi connectivity index (χ0v) is 19.3. The molecule has 0 saturated carbocycles. The van der Waals surface area contributed by atoms with Crippen molar-refractivity contribution in [1.82, 2.24) is 14.8 Å². The molecule has 3 heterocycles. The predicted molar refractivity (Wildman–Crippen MR) is 129 cm³/mol. The lowest BCUT2D eigenvalue weighted by Crippen LogP contribution is -2.50. The predicted octanol–water partition coefficient (Wildman–Crippen LogP) is 3.50. The Hall–Kier alpha value is -2.99. The highest BCUT2D eigenvalue weighted by Crippen LogP contribution is 2.30. The number of ether oxygens (including phenoxy) is 1. The van der Waals surface area contributed by atoms with Crippen LogP contribution in [0, 0.1) is 13.8 Å². The third-order valence-corrected chi connectivity index (χ3v) is 7.18. The molecular formula is C26H32N4O2. The van der Waals surface area contributed by atoms with Gasteiger partial charge in [0.2, 0.25) is 5.91 Å². The number of methoxy groups -OCH3 is 1. The summed E-state index contributed by atoms with van der Waals surface area (Å²) in [6.45, 7) is 10.1. The maximum Gasteiger partial charge on any atom is 0.237 e. The smallest absolute Gasteiger partial charge is 0.237 e. The standard InChI is InChI=1S/C26H32N4O2/c1-18-5-4-6-25(19(18)2)29-13-11-28(12-14-29)17-26(31)30-10-9-24-22(16-30)21-15-20(32-3)7-8-23(21)27-24/h4-8,15,27H,9-14,16-17H2,1-3H3. The fraction of sp³-hybridized carbons (Fsp3) is 0.423. The van der Waals surface area contributed by atoms with Gasteiger partial charge in [-0.05, 0) is 49.2 Å². The molecule has 6 nitrogen and oxygen atoms in total. The van der Waals surface area contributed by atoms with Gasteiger partial charge in [-0.15, -0.1) is 0 Å². The maximum atomic E-state index is 13.1. The number of H-pyrrole nitrogens is 1. The van der Waals surface area contributed by atoms with Gasteiger partial charge in [0.1, 0.15) is 5.75 Å². The second-order valence-corrected chi connectivity index (χ2v) is 9.04. The summed E-state index contributed by atoms with van der Waals surface area (Å²) in [5.74, 6) is 1.08. The summed E-state index contributed by atoms with van der Waals surface area (Å²) in [4.78, 5) is 23.4. The largest absolute Gasteiger partial charge is 0.497 e. The second kappa shape index (κ2) is 8.51. The molecule has 0 unspecified atom stereocenters. The number of aromatic amines is 1. The van der Waals surface area contributed by atoms with E-state index in [-0.39, 0.29) is 5.91 Å². The van der Waals surface area contributed by atoms with Crippen LogP contribution < -0.4 is 9.64 Å². The van der Waals surface area contributed by atoms with Crippen LogP contribution in [0.1, 0.15) is 22.4 Å². The SMILES string of the molecule is COc1ccc2[nH]c3c(c2c1)CN(C(=O)CN1CCN(c2cccc(C)c2C)CC1)CC3. The number of anilines is 1. The van der Waals surface area contributed by atoms with Crippen molar-refractivity contribution in [3.8, 4) is 5.75 Å². The molecule has 1 N–H and O–H groups in total. The van der Waals surface area contributed by atoms with Crippen LogP contribution in [0.4, 0.5) is 5.69 Å². The van der Waals surface area contributed by atoms with Crippen molar-refractivity contribution < 1.29 is 9.53 Å². The molecule has 1 aromatic heterocycles. The van der Waals surface area contributed by atoms with Crippen molar-refractivity contribution >= 4 is 22.5 Å². The van der Waals surface area contributed by atoms with E-state index >= 15 is 0 Å². The fourth-order valence-electron chi connectivity index (χ4n) is 5.05. The number of carbonyl (C=O) groups excluding carboxylic acids is 1. The summed E-state index contributed by atoms with van der Waals surface area (Å²) in [7, 11) is 1.69. The quantitative estimate of drug-likeness (QED) is 0.686. The van der Waals surface area contributed by atoms with E-state index in [4.69, 9.17) is 4.74 Å². The van der Waals surface area contributed by atoms with Gasteiger partial charge in [-0.1, -0.05) is 12.1 Å². The minimum atomic E-state index is 0.230. The molecule has 0 bridgehead atoms. The number of piperazine rings is 1. The van der Waals surface area contributed by atoms with E-state index in [9.17, 15) is 4.79 Å². The second-order valence-electron chi connectivity index (χ2n) is 9.04. The van der Waals surface area contributed by atoms with Gasteiger partial charge in [0, 0.05) is 73.5 Å². The Bertz CT molecular complexity index is 1140. The maximum absolute atomic E-state index is 13.1. The summed E-state index contributed by atoms with van der Waals surface area (Å²) in [5.41, 5.74) is 7.62. The number of hydrogen-bond donors (Lipinski definition) is 1. The van der Waals surface area contributed by atoms with Gasteiger partial charge in [-0.25, -0.2) is 0 Å². The molecule has 3 aromatic rings. The number of aromatic nitrogens is 1. The van der Waals surface area contributed by atoms with Crippen LogP contribution in [-0.4, -0.2) is 67.1 Å². The van der Waals surface area contributed by atoms with Crippen LogP contribution in [0.2, 0.25) is 0 Å². The van der Waals surface area contributed by atoms with E-state index in [1.54, 1.807) is 7.11 Å². The highest BCUT2D eigenvalue weighted by atomic mass is 16.5. The zero-order valence-electron chi connectivity index (χ0n) is 19.3. The molecule has 0 aliphatic carbocycles. The molecule has 168 valence electrons. The van der Waals surface area contributed by atoms with Gasteiger partial charge in [0.15, 0.2) is 0 Å². The number of nitrogens with zero attached hydrogens (tertiary/aromatic N) is 3. The summed E-state index contributed by atoms with van der Waals surface area (Å²) in [6, 6.07) is 12.6. The number of carbonyl (C=O) groups is 1. The molecule has 6 heteroatoms. The van der Waals surface area contributed by atoms with Gasteiger partial charge in [0.05, 0.1) is 13.7 Å². The molecule has 0 spiro atoms. The Morgan fingerprint density at radius 1 is 1.06 bits per heavy atom. The van der Waals surface area contributed by atoms with E-state index in [0.717, 1.165) is 50.4 Å². The van der Waals surface area contributed by atoms with Crippen LogP contribution in [0.15, 0.2) is 36.4 Å². The number of nitrogens with one attached hydrogen (secondary N) is 1. The van der Waals surface area contributed by atoms with Crippen molar-refractivity contribution in [2.45, 2.75) is 26.8 Å². The number of amides is 1. The van der Waals surface area contributed by atoms with Crippen molar-refractivity contribution in [3.05, 3.63) is 58.8 Å². The van der Waals surface area contributed by atoms with E-state index in [1.165, 1.54) is 33.5 Å². The number of benzene rings is 2. The molecule has 2 aliphatic heterocycles. The van der Waals surface area contributed by atoms with Crippen molar-refractivity contribution in [1.29, 1.82) is 0 Å². The molecule has 1 fully saturated rings. The van der Waals surface area contributed by atoms with E-state index in [2.05, 4.69) is 59.0 Å². The fourth-order valence-corrected chi connectivity index (χ4v) is 5.05. The van der Waals surface area contributed by atoms with Crippen LogP contribution in [0.5, 0.6) is 5.75 Å². The normalized spacial score (nSPS) is 17.0. The Morgan fingerprint density at radius 3 is 2.66 bits per heavy atom. The first-order valence-corrected chi connectivity index (χ1v) is 11.5. The number of rotatable bonds is 4. The minimum Gasteiger partial charge on any atom is -0.497 e. The first-order valence-electron chi connectivity index (χ1n) is 11.5. The average molecular weight is 433 g/mol. The Balaban J connectivity index is 1.22. The summed E-state index contributed by atoms with van der Waals surface area (Å²) < 4.78 is 5.41. The summed E-state index contributed by atoms with van der Waals surface area (Å²) >= 11 is 0. The molecule has 0 radical (unpaired) electrons. The van der Waals surface area contributed by atoms with Crippen LogP contribution in [0.25, 0.3) is 10.9 Å². The van der Waals surface area contributed by atoms with Crippen molar-refractivity contribution in [2.75, 3.05) is 51.3 Å². The van der Waals surface area contributed by atoms with Gasteiger partial charge in [-0.2, -0.15) is 0 Å². The number of aryl methyl sites for hydroxylation is 1. The topological polar surface area (TPSA) is 51.8 Å². The Morgan fingerprint density at radius 2 is 1.88 bits per heavy atom. The van der Waals surface area contributed by atoms with E-state index in [0.29, 0.717) is 13.1 Å². The molecule has 5 rings (SSSR count). The lowest BCUT2D eigenvalue weighted by atomic mass is 10.0. The highest BCUT2D eigenvalue weighted by molar-refractivity contribution is 5.87. The summed E-state index contributed by atoms with van der Waals surface area (Å²) in [6.07, 6.45) is 0.873. The first-order chi connectivity index (χ1) is 15.5. The summed E-state index contributed by atoms with van der Waals surface area (Å²) in [5, 5.41) is 1.17.